The summed E-state index contributed by atoms with van der Waals surface area (Å²) in [5.41, 5.74) is 4.21. The highest BCUT2D eigenvalue weighted by molar-refractivity contribution is 5.88. The van der Waals surface area contributed by atoms with E-state index in [2.05, 4.69) is 33.9 Å². The Labute approximate surface area is 170 Å². The third-order valence-electron chi connectivity index (χ3n) is 5.29. The number of urea groups is 1. The first-order chi connectivity index (χ1) is 13.7. The molecule has 1 fully saturated rings. The van der Waals surface area contributed by atoms with Crippen LogP contribution in [0.5, 0.6) is 0 Å². The molecule has 8 nitrogen and oxygen atoms in total. The molecule has 8 heteroatoms. The van der Waals surface area contributed by atoms with Gasteiger partial charge in [-0.05, 0) is 63.4 Å². The highest BCUT2D eigenvalue weighted by Gasteiger charge is 2.34. The maximum atomic E-state index is 12.3. The number of carboxylic acids is 1. The van der Waals surface area contributed by atoms with E-state index in [4.69, 9.17) is 5.11 Å². The molecule has 0 bridgehead atoms. The van der Waals surface area contributed by atoms with Crippen LogP contribution in [0.2, 0.25) is 0 Å². The first-order valence-corrected chi connectivity index (χ1v) is 9.94. The fourth-order valence-electron chi connectivity index (χ4n) is 3.88. The lowest BCUT2D eigenvalue weighted by Gasteiger charge is -2.42. The average molecular weight is 399 g/mol. The second-order valence-corrected chi connectivity index (χ2v) is 7.81. The van der Waals surface area contributed by atoms with Crippen LogP contribution < -0.4 is 10.6 Å². The van der Waals surface area contributed by atoms with Crippen molar-refractivity contribution in [3.63, 3.8) is 0 Å². The van der Waals surface area contributed by atoms with Gasteiger partial charge in [0, 0.05) is 23.8 Å². The Hall–Kier alpha value is -2.87. The summed E-state index contributed by atoms with van der Waals surface area (Å²) in [5.74, 6) is -0.327. The molecule has 1 aliphatic carbocycles. The molecule has 1 saturated carbocycles. The second-order valence-electron chi connectivity index (χ2n) is 7.81. The standard InChI is InChI=1S/C21H29N5O3/c1-5-25(12-20(27)28)17-10-16(11-17)22-21(29)23-19-9-15(4)26(24-19)18-7-13(2)6-14(3)8-18/h6-9,16-17H,5,10-12H2,1-4H3,(H,27,28)(H2,22,23,24,29). The molecule has 1 aliphatic rings. The number of aromatic nitrogens is 2. The zero-order valence-electron chi connectivity index (χ0n) is 17.4. The van der Waals surface area contributed by atoms with Gasteiger partial charge in [0.1, 0.15) is 0 Å². The number of carboxylic acid groups (broad SMARTS) is 1. The Morgan fingerprint density at radius 3 is 2.41 bits per heavy atom. The average Bonchev–Trinajstić information content (AvgIpc) is 2.95. The predicted molar refractivity (Wildman–Crippen MR) is 112 cm³/mol. The number of carbonyl (C=O) groups excluding carboxylic acids is 1. The Balaban J connectivity index is 1.55. The number of likely N-dealkylation sites (N-methyl/N-ethyl adjacent to an activating group) is 1. The van der Waals surface area contributed by atoms with Gasteiger partial charge in [-0.25, -0.2) is 9.48 Å². The highest BCUT2D eigenvalue weighted by Crippen LogP contribution is 2.25. The van der Waals surface area contributed by atoms with Crippen LogP contribution in [0.25, 0.3) is 5.69 Å². The minimum absolute atomic E-state index is 0.0369. The van der Waals surface area contributed by atoms with Crippen LogP contribution in [-0.2, 0) is 4.79 Å². The number of nitrogens with zero attached hydrogens (tertiary/aromatic N) is 3. The molecular weight excluding hydrogens is 370 g/mol. The number of anilines is 1. The zero-order valence-corrected chi connectivity index (χ0v) is 17.4. The van der Waals surface area contributed by atoms with Crippen molar-refractivity contribution >= 4 is 17.8 Å². The van der Waals surface area contributed by atoms with Gasteiger partial charge < -0.3 is 10.4 Å². The molecule has 1 aromatic carbocycles. The number of hydrogen-bond acceptors (Lipinski definition) is 4. The van der Waals surface area contributed by atoms with Gasteiger partial charge in [-0.1, -0.05) is 13.0 Å². The summed E-state index contributed by atoms with van der Waals surface area (Å²) in [6, 6.07) is 8.02. The summed E-state index contributed by atoms with van der Waals surface area (Å²) in [6.45, 7) is 8.71. The molecule has 1 heterocycles. The molecule has 0 atom stereocenters. The molecule has 156 valence electrons. The normalized spacial score (nSPS) is 18.4. The lowest BCUT2D eigenvalue weighted by atomic mass is 9.85. The van der Waals surface area contributed by atoms with E-state index < -0.39 is 5.97 Å². The Morgan fingerprint density at radius 2 is 1.83 bits per heavy atom. The molecule has 3 N–H and O–H groups in total. The summed E-state index contributed by atoms with van der Waals surface area (Å²) < 4.78 is 1.82. The van der Waals surface area contributed by atoms with E-state index in [1.54, 1.807) is 0 Å². The Kier molecular flexibility index (Phi) is 6.22. The van der Waals surface area contributed by atoms with Crippen LogP contribution in [0.1, 0.15) is 36.6 Å². The van der Waals surface area contributed by atoms with Crippen LogP contribution in [0, 0.1) is 20.8 Å². The van der Waals surface area contributed by atoms with E-state index in [0.717, 1.165) is 35.3 Å². The maximum Gasteiger partial charge on any atom is 0.320 e. The summed E-state index contributed by atoms with van der Waals surface area (Å²) in [4.78, 5) is 25.2. The lowest BCUT2D eigenvalue weighted by Crippen LogP contribution is -2.55. The van der Waals surface area contributed by atoms with Gasteiger partial charge >= 0.3 is 12.0 Å². The van der Waals surface area contributed by atoms with Gasteiger partial charge in [0.2, 0.25) is 0 Å². The molecule has 1 aromatic heterocycles. The van der Waals surface area contributed by atoms with Gasteiger partial charge in [-0.3, -0.25) is 15.0 Å². The third kappa shape index (κ3) is 5.14. The van der Waals surface area contributed by atoms with Crippen molar-refractivity contribution in [1.29, 1.82) is 0 Å². The van der Waals surface area contributed by atoms with Gasteiger partial charge in [0.05, 0.1) is 12.2 Å². The minimum Gasteiger partial charge on any atom is -0.480 e. The first-order valence-electron chi connectivity index (χ1n) is 9.94. The fraction of sp³-hybridized carbons (Fsp3) is 0.476. The molecular formula is C21H29N5O3. The van der Waals surface area contributed by atoms with Gasteiger partial charge in [0.15, 0.2) is 5.82 Å². The highest BCUT2D eigenvalue weighted by atomic mass is 16.4. The van der Waals surface area contributed by atoms with E-state index in [9.17, 15) is 9.59 Å². The largest absolute Gasteiger partial charge is 0.480 e. The fourth-order valence-corrected chi connectivity index (χ4v) is 3.88. The monoisotopic (exact) mass is 399 g/mol. The smallest absolute Gasteiger partial charge is 0.320 e. The quantitative estimate of drug-likeness (QED) is 0.665. The van der Waals surface area contributed by atoms with Gasteiger partial charge in [0.25, 0.3) is 0 Å². The number of carbonyl (C=O) groups is 2. The molecule has 2 amide bonds. The minimum atomic E-state index is -0.823. The van der Waals surface area contributed by atoms with E-state index in [1.165, 1.54) is 0 Å². The predicted octanol–water partition coefficient (Wildman–Crippen LogP) is 2.86. The molecule has 2 aromatic rings. The second kappa shape index (κ2) is 8.65. The van der Waals surface area contributed by atoms with Crippen molar-refractivity contribution in [2.45, 2.75) is 52.6 Å². The Bertz CT molecular complexity index is 881. The van der Waals surface area contributed by atoms with E-state index in [-0.39, 0.29) is 24.7 Å². The summed E-state index contributed by atoms with van der Waals surface area (Å²) >= 11 is 0. The van der Waals surface area contributed by atoms with Gasteiger partial charge in [-0.15, -0.1) is 5.10 Å². The van der Waals surface area contributed by atoms with Crippen LogP contribution in [0.3, 0.4) is 0 Å². The molecule has 0 unspecified atom stereocenters. The zero-order chi connectivity index (χ0) is 21.1. The molecule has 0 saturated heterocycles. The maximum absolute atomic E-state index is 12.3. The summed E-state index contributed by atoms with van der Waals surface area (Å²) in [7, 11) is 0. The van der Waals surface area contributed by atoms with E-state index in [1.807, 2.05) is 43.3 Å². The van der Waals surface area contributed by atoms with Crippen LogP contribution in [0.15, 0.2) is 24.3 Å². The van der Waals surface area contributed by atoms with Crippen LogP contribution in [-0.4, -0.2) is 57.0 Å². The first kappa shape index (κ1) is 20.9. The Morgan fingerprint density at radius 1 is 1.17 bits per heavy atom. The van der Waals surface area contributed by atoms with Crippen molar-refractivity contribution < 1.29 is 14.7 Å². The molecule has 0 spiro atoms. The van der Waals surface area contributed by atoms with Crippen LogP contribution in [0.4, 0.5) is 10.6 Å². The van der Waals surface area contributed by atoms with Crippen LogP contribution >= 0.6 is 0 Å². The lowest BCUT2D eigenvalue weighted by molar-refractivity contribution is -0.139. The van der Waals surface area contributed by atoms with E-state index >= 15 is 0 Å². The number of rotatable bonds is 7. The third-order valence-corrected chi connectivity index (χ3v) is 5.29. The number of hydrogen-bond donors (Lipinski definition) is 3. The summed E-state index contributed by atoms with van der Waals surface area (Å²) in [6.07, 6.45) is 1.51. The van der Waals surface area contributed by atoms with Crippen molar-refractivity contribution in [3.05, 3.63) is 41.1 Å². The summed E-state index contributed by atoms with van der Waals surface area (Å²) in [5, 5.41) is 19.2. The van der Waals surface area contributed by atoms with Crippen molar-refractivity contribution in [3.8, 4) is 5.69 Å². The number of aliphatic carboxylic acids is 1. The number of nitrogens with one attached hydrogen (secondary N) is 2. The molecule has 0 aliphatic heterocycles. The van der Waals surface area contributed by atoms with Gasteiger partial charge in [-0.2, -0.15) is 0 Å². The molecule has 3 rings (SSSR count). The number of amides is 2. The van der Waals surface area contributed by atoms with E-state index in [0.29, 0.717) is 12.4 Å². The topological polar surface area (TPSA) is 99.5 Å². The SMILES string of the molecule is CCN(CC(=O)O)C1CC(NC(=O)Nc2cc(C)n(-c3cc(C)cc(C)c3)n2)C1. The number of aryl methyl sites for hydroxylation is 3. The molecule has 29 heavy (non-hydrogen) atoms. The van der Waals surface area contributed by atoms with Crippen molar-refractivity contribution in [2.75, 3.05) is 18.4 Å². The van der Waals surface area contributed by atoms with Crippen molar-refractivity contribution in [1.82, 2.24) is 20.0 Å². The number of benzene rings is 1. The van der Waals surface area contributed by atoms with Crippen molar-refractivity contribution in [2.24, 2.45) is 0 Å². The molecule has 0 radical (unpaired) electrons.